The van der Waals surface area contributed by atoms with E-state index in [1.807, 2.05) is 59.7 Å². The average molecular weight is 968 g/mol. The summed E-state index contributed by atoms with van der Waals surface area (Å²) in [6.07, 6.45) is 11.8. The lowest BCUT2D eigenvalue weighted by Gasteiger charge is -2.38. The van der Waals surface area contributed by atoms with Crippen LogP contribution in [-0.4, -0.2) is 140 Å². The van der Waals surface area contributed by atoms with Gasteiger partial charge in [-0.1, -0.05) is 30.3 Å². The number of nitrogens with one attached hydrogen (secondary N) is 1. The number of carbonyl (C=O) groups is 2. The molecule has 2 atom stereocenters. The second-order valence-corrected chi connectivity index (χ2v) is 19.9. The number of aliphatic hydroxyl groups excluding tert-OH is 2. The molecule has 11 nitrogen and oxygen atoms in total. The standard InChI is InChI=1S/C28H34F2N2O3.C27H37N3O3S/c1-35-24-6-4-21(5-7-24)22-10-14-31(15-11-22)19-27(33)23-12-16-32(17-13-23)28(34)9-3-20-2-8-25(29)26(30)18-20;1-33-24-7-3-20(4-8-24)21-11-15-29(16-12-21)19-26(31)22-13-17-30(18-14-22)27(32)28-23-5-9-25(34-2)10-6-23/h2-9,18,22-23,27,33H,10-17,19H2,1H3;3-10,21-22,26,31H,11-19H2,1-2H3,(H,28,32)/b9-3+;. The topological polar surface area (TPSA) is 118 Å². The lowest BCUT2D eigenvalue weighted by molar-refractivity contribution is -0.128. The van der Waals surface area contributed by atoms with E-state index in [-0.39, 0.29) is 29.9 Å². The SMILES string of the molecule is COc1ccc(C2CCN(CC(O)C3CCN(C(=O)/C=C/c4ccc(F)c(F)c4)CC3)CC2)cc1.COc1ccc(C2CCN(CC(O)C3CCN(C(=O)Nc4ccc(SC)cc4)CC3)CC2)cc1. The number of hydrogen-bond acceptors (Lipinski definition) is 9. The van der Waals surface area contributed by atoms with Gasteiger partial charge in [0.2, 0.25) is 5.91 Å². The molecule has 372 valence electrons. The number of piperidine rings is 4. The zero-order valence-electron chi connectivity index (χ0n) is 40.5. The molecule has 0 aromatic heterocycles. The van der Waals surface area contributed by atoms with Gasteiger partial charge >= 0.3 is 6.03 Å². The van der Waals surface area contributed by atoms with Crippen LogP contribution in [0.3, 0.4) is 0 Å². The minimum atomic E-state index is -0.931. The maximum Gasteiger partial charge on any atom is 0.321 e. The molecule has 0 radical (unpaired) electrons. The Labute approximate surface area is 411 Å². The minimum absolute atomic E-state index is 0.0505. The summed E-state index contributed by atoms with van der Waals surface area (Å²) in [5.41, 5.74) is 4.00. The Morgan fingerprint density at radius 3 is 1.54 bits per heavy atom. The van der Waals surface area contributed by atoms with Crippen molar-refractivity contribution in [3.63, 3.8) is 0 Å². The number of halogens is 2. The number of rotatable bonds is 14. The van der Waals surface area contributed by atoms with Crippen LogP contribution in [0.15, 0.2) is 102 Å². The number of likely N-dealkylation sites (tertiary alicyclic amines) is 4. The van der Waals surface area contributed by atoms with Gasteiger partial charge in [0.05, 0.1) is 26.4 Å². The van der Waals surface area contributed by atoms with E-state index in [0.717, 1.165) is 113 Å². The molecule has 0 aliphatic carbocycles. The first-order valence-electron chi connectivity index (χ1n) is 24.7. The highest BCUT2D eigenvalue weighted by Crippen LogP contribution is 2.32. The fourth-order valence-corrected chi connectivity index (χ4v) is 10.6. The number of methoxy groups -OCH3 is 2. The predicted octanol–water partition coefficient (Wildman–Crippen LogP) is 9.37. The van der Waals surface area contributed by atoms with Gasteiger partial charge in [0.25, 0.3) is 0 Å². The molecule has 69 heavy (non-hydrogen) atoms. The number of benzene rings is 4. The van der Waals surface area contributed by atoms with Crippen LogP contribution in [0, 0.1) is 23.5 Å². The normalized spacial score (nSPS) is 19.2. The molecule has 8 rings (SSSR count). The van der Waals surface area contributed by atoms with E-state index < -0.39 is 17.7 Å². The van der Waals surface area contributed by atoms with Gasteiger partial charge in [0.15, 0.2) is 11.6 Å². The highest BCUT2D eigenvalue weighted by atomic mass is 32.2. The van der Waals surface area contributed by atoms with E-state index in [1.54, 1.807) is 30.9 Å². The first kappa shape index (κ1) is 51.8. The van der Waals surface area contributed by atoms with Crippen LogP contribution in [-0.2, 0) is 4.79 Å². The second kappa shape index (κ2) is 25.7. The second-order valence-electron chi connectivity index (χ2n) is 19.0. The zero-order chi connectivity index (χ0) is 48.7. The first-order chi connectivity index (χ1) is 33.5. The van der Waals surface area contributed by atoms with Gasteiger partial charge in [-0.25, -0.2) is 13.6 Å². The molecule has 3 N–H and O–H groups in total. The summed E-state index contributed by atoms with van der Waals surface area (Å²) in [6, 6.07) is 28.2. The molecule has 4 saturated heterocycles. The van der Waals surface area contributed by atoms with Gasteiger partial charge in [-0.05, 0) is 191 Å². The van der Waals surface area contributed by atoms with E-state index in [1.165, 1.54) is 34.2 Å². The molecule has 0 bridgehead atoms. The number of hydrogen-bond donors (Lipinski definition) is 3. The molecule has 4 aliphatic heterocycles. The van der Waals surface area contributed by atoms with Crippen molar-refractivity contribution >= 4 is 35.5 Å². The van der Waals surface area contributed by atoms with Gasteiger partial charge in [0, 0.05) is 55.9 Å². The van der Waals surface area contributed by atoms with Crippen molar-refractivity contribution < 1.29 is 38.1 Å². The maximum absolute atomic E-state index is 13.3. The van der Waals surface area contributed by atoms with Crippen molar-refractivity contribution in [1.29, 1.82) is 0 Å². The Hall–Kier alpha value is -4.99. The van der Waals surface area contributed by atoms with Gasteiger partial charge in [-0.2, -0.15) is 0 Å². The number of thioether (sulfide) groups is 1. The van der Waals surface area contributed by atoms with Gasteiger partial charge in [-0.3, -0.25) is 4.79 Å². The molecule has 4 aliphatic rings. The van der Waals surface area contributed by atoms with Crippen LogP contribution >= 0.6 is 11.8 Å². The highest BCUT2D eigenvalue weighted by Gasteiger charge is 2.32. The number of ether oxygens (including phenoxy) is 2. The predicted molar refractivity (Wildman–Crippen MR) is 271 cm³/mol. The molecular formula is C55H71F2N5O6S. The number of nitrogens with zero attached hydrogens (tertiary/aromatic N) is 4. The summed E-state index contributed by atoms with van der Waals surface area (Å²) in [5.74, 6) is 1.34. The molecule has 14 heteroatoms. The van der Waals surface area contributed by atoms with E-state index in [4.69, 9.17) is 9.47 Å². The Bertz CT molecular complexity index is 2240. The van der Waals surface area contributed by atoms with Gasteiger partial charge < -0.3 is 44.6 Å². The summed E-state index contributed by atoms with van der Waals surface area (Å²) >= 11 is 1.69. The molecule has 4 fully saturated rings. The summed E-state index contributed by atoms with van der Waals surface area (Å²) in [6.45, 7) is 7.93. The summed E-state index contributed by atoms with van der Waals surface area (Å²) in [5, 5.41) is 24.7. The average Bonchev–Trinajstić information content (AvgIpc) is 3.40. The van der Waals surface area contributed by atoms with Crippen LogP contribution in [0.2, 0.25) is 0 Å². The molecule has 4 aromatic rings. The quantitative estimate of drug-likeness (QED) is 0.0840. The maximum atomic E-state index is 13.3. The van der Waals surface area contributed by atoms with Crippen LogP contribution in [0.1, 0.15) is 79.9 Å². The Morgan fingerprint density at radius 2 is 1.10 bits per heavy atom. The highest BCUT2D eigenvalue weighted by molar-refractivity contribution is 7.98. The minimum Gasteiger partial charge on any atom is -0.497 e. The van der Waals surface area contributed by atoms with Crippen LogP contribution in [0.4, 0.5) is 19.3 Å². The van der Waals surface area contributed by atoms with Gasteiger partial charge in [-0.15, -0.1) is 11.8 Å². The van der Waals surface area contributed by atoms with Crippen molar-refractivity contribution in [2.45, 2.75) is 80.3 Å². The van der Waals surface area contributed by atoms with Crippen molar-refractivity contribution in [1.82, 2.24) is 19.6 Å². The Morgan fingerprint density at radius 1 is 0.638 bits per heavy atom. The fourth-order valence-electron chi connectivity index (χ4n) is 10.2. The summed E-state index contributed by atoms with van der Waals surface area (Å²) < 4.78 is 36.9. The molecule has 0 spiro atoms. The third-order valence-corrected chi connectivity index (χ3v) is 15.5. The smallest absolute Gasteiger partial charge is 0.321 e. The third kappa shape index (κ3) is 15.0. The molecule has 4 aromatic carbocycles. The Balaban J connectivity index is 0.000000204. The third-order valence-electron chi connectivity index (χ3n) is 14.7. The van der Waals surface area contributed by atoms with Crippen LogP contribution in [0.25, 0.3) is 6.08 Å². The zero-order valence-corrected chi connectivity index (χ0v) is 41.3. The van der Waals surface area contributed by atoms with Crippen molar-refractivity contribution in [2.24, 2.45) is 11.8 Å². The molecule has 4 heterocycles. The van der Waals surface area contributed by atoms with Crippen molar-refractivity contribution in [3.8, 4) is 11.5 Å². The van der Waals surface area contributed by atoms with Gasteiger partial charge in [0.1, 0.15) is 11.5 Å². The molecule has 0 saturated carbocycles. The summed E-state index contributed by atoms with van der Waals surface area (Å²) in [7, 11) is 3.38. The molecule has 2 unspecified atom stereocenters. The molecule has 3 amide bonds. The van der Waals surface area contributed by atoms with E-state index in [2.05, 4.69) is 39.4 Å². The van der Waals surface area contributed by atoms with Crippen LogP contribution in [0.5, 0.6) is 11.5 Å². The van der Waals surface area contributed by atoms with E-state index in [9.17, 15) is 28.6 Å². The lowest BCUT2D eigenvalue weighted by Crippen LogP contribution is -2.46. The van der Waals surface area contributed by atoms with Crippen molar-refractivity contribution in [3.05, 3.63) is 125 Å². The monoisotopic (exact) mass is 968 g/mol. The number of amides is 3. The molecular weight excluding hydrogens is 897 g/mol. The number of anilines is 1. The van der Waals surface area contributed by atoms with E-state index >= 15 is 0 Å². The fraction of sp³-hybridized carbons (Fsp3) is 0.491. The largest absolute Gasteiger partial charge is 0.497 e. The van der Waals surface area contributed by atoms with E-state index in [0.29, 0.717) is 50.1 Å². The Kier molecular flexibility index (Phi) is 19.3. The number of aliphatic hydroxyl groups is 2. The summed E-state index contributed by atoms with van der Waals surface area (Å²) in [4.78, 5) is 34.7. The van der Waals surface area contributed by atoms with Crippen molar-refractivity contribution in [2.75, 3.05) is 91.2 Å². The number of urea groups is 1. The lowest BCUT2D eigenvalue weighted by atomic mass is 9.88. The number of carbonyl (C=O) groups excluding carboxylic acids is 2. The number of β-amino-alcohol motifs (C(OH)–C–C–N with tert-alkyl or cyclic N) is 2. The first-order valence-corrected chi connectivity index (χ1v) is 25.9. The van der Waals surface area contributed by atoms with Crippen LogP contribution < -0.4 is 14.8 Å².